The van der Waals surface area contributed by atoms with Gasteiger partial charge in [0.15, 0.2) is 0 Å². The van der Waals surface area contributed by atoms with Crippen LogP contribution in [0.15, 0.2) is 60.8 Å². The molecule has 4 aliphatic rings. The van der Waals surface area contributed by atoms with Crippen molar-refractivity contribution in [2.75, 3.05) is 10.6 Å². The van der Waals surface area contributed by atoms with Gasteiger partial charge in [-0.25, -0.2) is 9.78 Å². The molecule has 0 radical (unpaired) electrons. The van der Waals surface area contributed by atoms with Crippen LogP contribution in [0.25, 0.3) is 0 Å². The van der Waals surface area contributed by atoms with Crippen molar-refractivity contribution < 1.29 is 9.90 Å². The third-order valence-corrected chi connectivity index (χ3v) is 8.29. The van der Waals surface area contributed by atoms with Crippen molar-refractivity contribution in [1.82, 2.24) is 4.98 Å². The molecule has 0 aliphatic heterocycles. The largest absolute Gasteiger partial charge is 0.478 e. The van der Waals surface area contributed by atoms with Crippen LogP contribution in [0.5, 0.6) is 0 Å². The van der Waals surface area contributed by atoms with Gasteiger partial charge < -0.3 is 15.7 Å². The molecular weight excluding hydrogens is 434 g/mol. The highest BCUT2D eigenvalue weighted by Crippen LogP contribution is 2.66. The van der Waals surface area contributed by atoms with E-state index in [-0.39, 0.29) is 5.56 Å². The van der Waals surface area contributed by atoms with Crippen LogP contribution in [-0.2, 0) is 5.41 Å². The first-order chi connectivity index (χ1) is 16.0. The fourth-order valence-electron chi connectivity index (χ4n) is 6.77. The molecule has 6 heteroatoms. The number of aromatic nitrogens is 1. The molecule has 4 fully saturated rings. The Morgan fingerprint density at radius 1 is 0.939 bits per heavy atom. The molecule has 1 aromatic heterocycles. The number of pyridine rings is 1. The third kappa shape index (κ3) is 3.65. The van der Waals surface area contributed by atoms with Gasteiger partial charge in [-0.1, -0.05) is 17.7 Å². The Kier molecular flexibility index (Phi) is 4.84. The highest BCUT2D eigenvalue weighted by Gasteiger charge is 2.58. The first-order valence-electron chi connectivity index (χ1n) is 11.6. The summed E-state index contributed by atoms with van der Waals surface area (Å²) in [6.45, 7) is 0. The van der Waals surface area contributed by atoms with Crippen LogP contribution in [0.1, 0.15) is 48.0 Å². The lowest BCUT2D eigenvalue weighted by Gasteiger charge is -2.34. The van der Waals surface area contributed by atoms with Gasteiger partial charge in [-0.2, -0.15) is 0 Å². The summed E-state index contributed by atoms with van der Waals surface area (Å²) in [6.07, 6.45) is 8.42. The summed E-state index contributed by atoms with van der Waals surface area (Å²) < 4.78 is 0. The van der Waals surface area contributed by atoms with Gasteiger partial charge in [-0.15, -0.1) is 0 Å². The molecule has 3 N–H and O–H groups in total. The molecule has 4 aliphatic carbocycles. The summed E-state index contributed by atoms with van der Waals surface area (Å²) in [5.41, 5.74) is 4.66. The minimum absolute atomic E-state index is 0.196. The molecule has 0 spiro atoms. The molecule has 168 valence electrons. The molecule has 7 rings (SSSR count). The number of carbonyl (C=O) groups is 1. The number of nitrogens with zero attached hydrogens (tertiary/aromatic N) is 1. The standard InChI is InChI=1S/C27H26ClN3O2/c28-23-13-19(27-14-16-9-17(15-27)11-20(27)10-16)1-6-24(23)30-21-2-4-22(5-3-21)31-25-12-18(26(32)33)7-8-29-25/h1-8,12-13,16-17,20,30H,9-11,14-15H2,(H,29,31)(H,32,33). The van der Waals surface area contributed by atoms with Crippen molar-refractivity contribution in [1.29, 1.82) is 0 Å². The van der Waals surface area contributed by atoms with Gasteiger partial charge in [0.25, 0.3) is 0 Å². The number of anilines is 4. The van der Waals surface area contributed by atoms with E-state index in [1.807, 2.05) is 24.3 Å². The third-order valence-electron chi connectivity index (χ3n) is 7.98. The van der Waals surface area contributed by atoms with E-state index in [9.17, 15) is 4.79 Å². The summed E-state index contributed by atoms with van der Waals surface area (Å²) in [6, 6.07) is 17.4. The van der Waals surface area contributed by atoms with E-state index >= 15 is 0 Å². The first-order valence-corrected chi connectivity index (χ1v) is 12.0. The maximum Gasteiger partial charge on any atom is 0.335 e. The van der Waals surface area contributed by atoms with Crippen molar-refractivity contribution in [2.45, 2.75) is 37.5 Å². The van der Waals surface area contributed by atoms with Crippen LogP contribution >= 0.6 is 11.6 Å². The van der Waals surface area contributed by atoms with Crippen LogP contribution in [0.3, 0.4) is 0 Å². The molecule has 2 aromatic carbocycles. The average Bonchev–Trinajstić information content (AvgIpc) is 3.21. The quantitative estimate of drug-likeness (QED) is 0.370. The summed E-state index contributed by atoms with van der Waals surface area (Å²) in [5.74, 6) is 2.21. The van der Waals surface area contributed by atoms with Crippen molar-refractivity contribution in [3.63, 3.8) is 0 Å². The van der Waals surface area contributed by atoms with E-state index in [1.165, 1.54) is 56.0 Å². The van der Waals surface area contributed by atoms with Crippen molar-refractivity contribution in [3.05, 3.63) is 76.9 Å². The number of rotatable bonds is 6. The normalized spacial score (nSPS) is 27.0. The van der Waals surface area contributed by atoms with Gasteiger partial charge in [0.05, 0.1) is 16.3 Å². The van der Waals surface area contributed by atoms with Crippen molar-refractivity contribution in [3.8, 4) is 0 Å². The number of aromatic carboxylic acids is 1. The number of halogens is 1. The second-order valence-corrected chi connectivity index (χ2v) is 10.4. The van der Waals surface area contributed by atoms with Gasteiger partial charge in [-0.05, 0) is 109 Å². The smallest absolute Gasteiger partial charge is 0.335 e. The van der Waals surface area contributed by atoms with Gasteiger partial charge in [0.2, 0.25) is 0 Å². The maximum atomic E-state index is 11.1. The molecule has 0 amide bonds. The highest BCUT2D eigenvalue weighted by atomic mass is 35.5. The zero-order valence-corrected chi connectivity index (χ0v) is 19.0. The van der Waals surface area contributed by atoms with Crippen LogP contribution in [0.4, 0.5) is 22.9 Å². The van der Waals surface area contributed by atoms with E-state index in [0.717, 1.165) is 39.8 Å². The SMILES string of the molecule is O=C(O)c1ccnc(Nc2ccc(Nc3ccc(C45CC6CC(CC4C6)C5)cc3Cl)cc2)c1. The van der Waals surface area contributed by atoms with E-state index in [0.29, 0.717) is 11.2 Å². The number of hydrogen-bond donors (Lipinski definition) is 3. The number of carboxylic acid groups (broad SMARTS) is 1. The Balaban J connectivity index is 1.16. The summed E-state index contributed by atoms with van der Waals surface area (Å²) >= 11 is 6.74. The van der Waals surface area contributed by atoms with Crippen LogP contribution in [-0.4, -0.2) is 16.1 Å². The number of nitrogens with one attached hydrogen (secondary N) is 2. The lowest BCUT2D eigenvalue weighted by molar-refractivity contribution is 0.0697. The van der Waals surface area contributed by atoms with Gasteiger partial charge >= 0.3 is 5.97 Å². The molecule has 2 atom stereocenters. The van der Waals surface area contributed by atoms with Gasteiger partial charge in [0.1, 0.15) is 5.82 Å². The molecule has 33 heavy (non-hydrogen) atoms. The Bertz CT molecular complexity index is 1210. The molecule has 1 heterocycles. The van der Waals surface area contributed by atoms with Gasteiger partial charge in [0, 0.05) is 17.6 Å². The van der Waals surface area contributed by atoms with Crippen LogP contribution in [0, 0.1) is 17.8 Å². The Labute approximate surface area is 198 Å². The van der Waals surface area contributed by atoms with Gasteiger partial charge in [-0.3, -0.25) is 0 Å². The van der Waals surface area contributed by atoms with Crippen molar-refractivity contribution in [2.24, 2.45) is 17.8 Å². The van der Waals surface area contributed by atoms with Crippen LogP contribution in [0.2, 0.25) is 5.02 Å². The fourth-order valence-corrected chi connectivity index (χ4v) is 6.99. The number of carboxylic acids is 1. The Hall–Kier alpha value is -3.05. The van der Waals surface area contributed by atoms with E-state index in [1.54, 1.807) is 0 Å². The molecule has 0 saturated heterocycles. The summed E-state index contributed by atoms with van der Waals surface area (Å²) in [4.78, 5) is 15.3. The second kappa shape index (κ2) is 7.77. The minimum Gasteiger partial charge on any atom is -0.478 e. The van der Waals surface area contributed by atoms with Crippen LogP contribution < -0.4 is 10.6 Å². The van der Waals surface area contributed by atoms with E-state index < -0.39 is 5.97 Å². The van der Waals surface area contributed by atoms with Crippen molar-refractivity contribution >= 4 is 40.5 Å². The Morgan fingerprint density at radius 3 is 2.30 bits per heavy atom. The molecule has 2 unspecified atom stereocenters. The monoisotopic (exact) mass is 459 g/mol. The highest BCUT2D eigenvalue weighted by molar-refractivity contribution is 6.33. The number of benzene rings is 2. The Morgan fingerprint density at radius 2 is 1.64 bits per heavy atom. The average molecular weight is 460 g/mol. The lowest BCUT2D eigenvalue weighted by Crippen LogP contribution is -2.27. The summed E-state index contributed by atoms with van der Waals surface area (Å²) in [5, 5.41) is 16.5. The lowest BCUT2D eigenvalue weighted by atomic mass is 9.71. The molecule has 4 saturated carbocycles. The molecular formula is C27H26ClN3O2. The molecule has 3 aromatic rings. The molecule has 5 nitrogen and oxygen atoms in total. The zero-order chi connectivity index (χ0) is 22.6. The zero-order valence-electron chi connectivity index (χ0n) is 18.2. The topological polar surface area (TPSA) is 74.2 Å². The summed E-state index contributed by atoms with van der Waals surface area (Å²) in [7, 11) is 0. The fraction of sp³-hybridized carbons (Fsp3) is 0.333. The van der Waals surface area contributed by atoms with E-state index in [4.69, 9.17) is 16.7 Å². The second-order valence-electron chi connectivity index (χ2n) is 9.96. The first kappa shape index (κ1) is 20.5. The molecule has 4 bridgehead atoms. The predicted octanol–water partition coefficient (Wildman–Crippen LogP) is 7.00. The maximum absolute atomic E-state index is 11.1. The predicted molar refractivity (Wildman–Crippen MR) is 131 cm³/mol. The number of hydrogen-bond acceptors (Lipinski definition) is 4. The van der Waals surface area contributed by atoms with E-state index in [2.05, 4.69) is 33.8 Å². The minimum atomic E-state index is -0.976.